The molecule has 2 heterocycles. The zero-order valence-corrected chi connectivity index (χ0v) is 10.7. The first kappa shape index (κ1) is 11.5. The van der Waals surface area contributed by atoms with E-state index >= 15 is 0 Å². The molecule has 1 N–H and O–H groups in total. The normalized spacial score (nSPS) is 12.9. The molecule has 1 aliphatic rings. The lowest BCUT2D eigenvalue weighted by molar-refractivity contribution is 0.173. The van der Waals surface area contributed by atoms with Crippen molar-refractivity contribution in [3.8, 4) is 11.5 Å². The summed E-state index contributed by atoms with van der Waals surface area (Å²) in [5.41, 5.74) is 4.15. The third-order valence-corrected chi connectivity index (χ3v) is 3.47. The Morgan fingerprint density at radius 3 is 3.22 bits per heavy atom. The molecule has 1 aliphatic heterocycles. The molecule has 18 heavy (non-hydrogen) atoms. The van der Waals surface area contributed by atoms with Crippen LogP contribution in [0.5, 0.6) is 11.5 Å². The first-order valence-electron chi connectivity index (χ1n) is 5.89. The van der Waals surface area contributed by atoms with Gasteiger partial charge in [0.2, 0.25) is 6.79 Å². The topological polar surface area (TPSA) is 43.4 Å². The molecule has 1 aromatic carbocycles. The Hall–Kier alpha value is -1.59. The zero-order chi connectivity index (χ0) is 12.2. The van der Waals surface area contributed by atoms with Crippen molar-refractivity contribution in [1.82, 2.24) is 10.3 Å². The largest absolute Gasteiger partial charge is 0.454 e. The van der Waals surface area contributed by atoms with Gasteiger partial charge in [-0.05, 0) is 6.07 Å². The third kappa shape index (κ3) is 2.47. The van der Waals surface area contributed by atoms with Gasteiger partial charge in [-0.1, -0.05) is 12.1 Å². The minimum absolute atomic E-state index is 0.325. The first-order valence-corrected chi connectivity index (χ1v) is 6.83. The molecule has 0 saturated carbocycles. The highest BCUT2D eigenvalue weighted by atomic mass is 32.1. The second-order valence-corrected chi connectivity index (χ2v) is 4.78. The van der Waals surface area contributed by atoms with E-state index in [0.717, 1.165) is 42.3 Å². The number of hydrogen-bond donors (Lipinski definition) is 1. The van der Waals surface area contributed by atoms with E-state index in [2.05, 4.69) is 21.7 Å². The Kier molecular flexibility index (Phi) is 3.43. The molecule has 94 valence electrons. The van der Waals surface area contributed by atoms with Crippen LogP contribution in [0.3, 0.4) is 0 Å². The number of nitrogens with zero attached hydrogens (tertiary/aromatic N) is 1. The molecule has 4 nitrogen and oxygen atoms in total. The number of rotatable bonds is 5. The van der Waals surface area contributed by atoms with Crippen molar-refractivity contribution >= 4 is 11.3 Å². The van der Waals surface area contributed by atoms with Crippen LogP contribution in [0.1, 0.15) is 11.3 Å². The second kappa shape index (κ2) is 5.37. The zero-order valence-electron chi connectivity index (χ0n) is 9.89. The van der Waals surface area contributed by atoms with Crippen LogP contribution >= 0.6 is 11.3 Å². The summed E-state index contributed by atoms with van der Waals surface area (Å²) in [6.45, 7) is 2.02. The van der Waals surface area contributed by atoms with E-state index in [1.165, 1.54) is 0 Å². The van der Waals surface area contributed by atoms with E-state index in [1.807, 2.05) is 17.6 Å². The van der Waals surface area contributed by atoms with Crippen molar-refractivity contribution in [2.24, 2.45) is 0 Å². The predicted molar refractivity (Wildman–Crippen MR) is 70.1 cm³/mol. The smallest absolute Gasteiger partial charge is 0.231 e. The molecule has 0 bridgehead atoms. The van der Waals surface area contributed by atoms with Gasteiger partial charge in [-0.3, -0.25) is 0 Å². The van der Waals surface area contributed by atoms with E-state index < -0.39 is 0 Å². The maximum Gasteiger partial charge on any atom is 0.231 e. The van der Waals surface area contributed by atoms with Crippen molar-refractivity contribution in [2.45, 2.75) is 13.0 Å². The van der Waals surface area contributed by atoms with E-state index in [1.54, 1.807) is 11.3 Å². The molecular formula is C13H14N2O2S. The first-order chi connectivity index (χ1) is 8.93. The maximum atomic E-state index is 5.46. The fraction of sp³-hybridized carbons (Fsp3) is 0.308. The number of fused-ring (bicyclic) bond motifs is 1. The molecule has 2 aromatic rings. The monoisotopic (exact) mass is 262 g/mol. The summed E-state index contributed by atoms with van der Waals surface area (Å²) in [5.74, 6) is 1.72. The molecule has 3 rings (SSSR count). The van der Waals surface area contributed by atoms with Gasteiger partial charge in [0.25, 0.3) is 0 Å². The van der Waals surface area contributed by atoms with Crippen LogP contribution in [-0.4, -0.2) is 18.3 Å². The number of nitrogens with one attached hydrogen (secondary N) is 1. The Morgan fingerprint density at radius 2 is 2.33 bits per heavy atom. The van der Waals surface area contributed by atoms with Crippen molar-refractivity contribution < 1.29 is 9.47 Å². The van der Waals surface area contributed by atoms with Gasteiger partial charge in [-0.15, -0.1) is 11.3 Å². The van der Waals surface area contributed by atoms with Crippen molar-refractivity contribution in [3.63, 3.8) is 0 Å². The lowest BCUT2D eigenvalue weighted by Crippen LogP contribution is -2.17. The Bertz CT molecular complexity index is 514. The highest BCUT2D eigenvalue weighted by Crippen LogP contribution is 2.35. The van der Waals surface area contributed by atoms with Gasteiger partial charge in [-0.2, -0.15) is 0 Å². The standard InChI is InChI=1S/C13H14N2O2S/c1-2-10(13-12(3-1)16-9-17-13)6-14-5-4-11-7-18-8-15-11/h1-3,7-8,14H,4-6,9H2. The van der Waals surface area contributed by atoms with Crippen molar-refractivity contribution in [3.05, 3.63) is 40.3 Å². The summed E-state index contributed by atoms with van der Waals surface area (Å²) in [7, 11) is 0. The van der Waals surface area contributed by atoms with E-state index in [0.29, 0.717) is 6.79 Å². The summed E-state index contributed by atoms with van der Waals surface area (Å²) >= 11 is 1.63. The molecule has 0 atom stereocenters. The molecule has 1 aromatic heterocycles. The minimum atomic E-state index is 0.325. The summed E-state index contributed by atoms with van der Waals surface area (Å²) in [6.07, 6.45) is 0.954. The minimum Gasteiger partial charge on any atom is -0.454 e. The van der Waals surface area contributed by atoms with Crippen LogP contribution in [0.4, 0.5) is 0 Å². The number of thiazole rings is 1. The number of para-hydroxylation sites is 1. The summed E-state index contributed by atoms with van der Waals surface area (Å²) in [5, 5.41) is 5.48. The Morgan fingerprint density at radius 1 is 1.33 bits per heavy atom. The van der Waals surface area contributed by atoms with Crippen LogP contribution in [0, 0.1) is 0 Å². The highest BCUT2D eigenvalue weighted by molar-refractivity contribution is 7.07. The molecule has 0 spiro atoms. The number of benzene rings is 1. The number of ether oxygens (including phenoxy) is 2. The van der Waals surface area contributed by atoms with Crippen LogP contribution in [-0.2, 0) is 13.0 Å². The molecule has 0 amide bonds. The van der Waals surface area contributed by atoms with Crippen LogP contribution < -0.4 is 14.8 Å². The van der Waals surface area contributed by atoms with E-state index in [-0.39, 0.29) is 0 Å². The van der Waals surface area contributed by atoms with E-state index in [4.69, 9.17) is 9.47 Å². The second-order valence-electron chi connectivity index (χ2n) is 4.06. The lowest BCUT2D eigenvalue weighted by Gasteiger charge is -2.06. The van der Waals surface area contributed by atoms with E-state index in [9.17, 15) is 0 Å². The van der Waals surface area contributed by atoms with Gasteiger partial charge in [-0.25, -0.2) is 4.98 Å². The van der Waals surface area contributed by atoms with Gasteiger partial charge in [0, 0.05) is 30.5 Å². The SMILES string of the molecule is c1cc(CNCCc2cscn2)c2c(c1)OCO2. The Labute approximate surface area is 110 Å². The molecule has 0 fully saturated rings. The highest BCUT2D eigenvalue weighted by Gasteiger charge is 2.16. The van der Waals surface area contributed by atoms with Crippen molar-refractivity contribution in [2.75, 3.05) is 13.3 Å². The maximum absolute atomic E-state index is 5.46. The molecule has 0 radical (unpaired) electrons. The molecule has 0 unspecified atom stereocenters. The lowest BCUT2D eigenvalue weighted by atomic mass is 10.2. The average Bonchev–Trinajstić information content (AvgIpc) is 3.05. The predicted octanol–water partition coefficient (Wildman–Crippen LogP) is 2.20. The molecule has 0 saturated heterocycles. The Balaban J connectivity index is 1.53. The van der Waals surface area contributed by atoms with Gasteiger partial charge in [0.1, 0.15) is 0 Å². The average molecular weight is 262 g/mol. The summed E-state index contributed by atoms with van der Waals surface area (Å²) in [6, 6.07) is 5.98. The quantitative estimate of drug-likeness (QED) is 0.839. The van der Waals surface area contributed by atoms with Crippen LogP contribution in [0.2, 0.25) is 0 Å². The van der Waals surface area contributed by atoms with Gasteiger partial charge < -0.3 is 14.8 Å². The third-order valence-electron chi connectivity index (χ3n) is 2.83. The van der Waals surface area contributed by atoms with Gasteiger partial charge >= 0.3 is 0 Å². The van der Waals surface area contributed by atoms with Crippen molar-refractivity contribution in [1.29, 1.82) is 0 Å². The number of hydrogen-bond acceptors (Lipinski definition) is 5. The van der Waals surface area contributed by atoms with Crippen LogP contribution in [0.15, 0.2) is 29.1 Å². The summed E-state index contributed by atoms with van der Waals surface area (Å²) < 4.78 is 10.8. The van der Waals surface area contributed by atoms with Gasteiger partial charge in [0.05, 0.1) is 11.2 Å². The molecule has 0 aliphatic carbocycles. The molecular weight excluding hydrogens is 248 g/mol. The summed E-state index contributed by atoms with van der Waals surface area (Å²) in [4.78, 5) is 4.25. The fourth-order valence-electron chi connectivity index (χ4n) is 1.93. The van der Waals surface area contributed by atoms with Crippen LogP contribution in [0.25, 0.3) is 0 Å². The number of aromatic nitrogens is 1. The molecule has 5 heteroatoms. The van der Waals surface area contributed by atoms with Gasteiger partial charge in [0.15, 0.2) is 11.5 Å². The fourth-order valence-corrected chi connectivity index (χ4v) is 2.52.